The molecule has 1 amide bonds. The lowest BCUT2D eigenvalue weighted by Crippen LogP contribution is -2.43. The number of likely N-dealkylation sites (tertiary alicyclic amines) is 1. The summed E-state index contributed by atoms with van der Waals surface area (Å²) in [4.78, 5) is 28.3. The molecule has 0 aromatic heterocycles. The molecule has 0 saturated carbocycles. The van der Waals surface area contributed by atoms with E-state index in [4.69, 9.17) is 0 Å². The number of carboxylic acids is 1. The Balaban J connectivity index is 2.00. The number of aliphatic carboxylic acids is 1. The highest BCUT2D eigenvalue weighted by atomic mass is 16.4. The number of hydrogen-bond donors (Lipinski definition) is 1. The summed E-state index contributed by atoms with van der Waals surface area (Å²) < 4.78 is 0. The third-order valence-corrected chi connectivity index (χ3v) is 4.87. The number of amides is 1. The van der Waals surface area contributed by atoms with Gasteiger partial charge in [0.05, 0.1) is 11.8 Å². The molecule has 2 rings (SSSR count). The van der Waals surface area contributed by atoms with Crippen molar-refractivity contribution in [3.8, 4) is 0 Å². The van der Waals surface area contributed by atoms with Crippen molar-refractivity contribution in [2.75, 3.05) is 26.2 Å². The number of carbonyl (C=O) groups excluding carboxylic acids is 1. The zero-order chi connectivity index (χ0) is 15.4. The van der Waals surface area contributed by atoms with Gasteiger partial charge in [-0.1, -0.05) is 26.0 Å². The van der Waals surface area contributed by atoms with Crippen molar-refractivity contribution in [1.82, 2.24) is 9.80 Å². The summed E-state index contributed by atoms with van der Waals surface area (Å²) in [5.74, 6) is -1.77. The number of rotatable bonds is 5. The fourth-order valence-electron chi connectivity index (χ4n) is 3.57. The van der Waals surface area contributed by atoms with Gasteiger partial charge in [0.25, 0.3) is 0 Å². The van der Waals surface area contributed by atoms with Crippen LogP contribution < -0.4 is 0 Å². The Bertz CT molecular complexity index is 418. The Kier molecular flexibility index (Phi) is 5.39. The van der Waals surface area contributed by atoms with Crippen molar-refractivity contribution in [1.29, 1.82) is 0 Å². The highest BCUT2D eigenvalue weighted by Gasteiger charge is 2.39. The van der Waals surface area contributed by atoms with E-state index in [9.17, 15) is 14.7 Å². The Morgan fingerprint density at radius 1 is 1.19 bits per heavy atom. The highest BCUT2D eigenvalue weighted by Crippen LogP contribution is 2.29. The van der Waals surface area contributed by atoms with E-state index in [1.165, 1.54) is 0 Å². The van der Waals surface area contributed by atoms with E-state index in [1.54, 1.807) is 0 Å². The maximum atomic E-state index is 12.7. The molecule has 1 N–H and O–H groups in total. The molecule has 1 heterocycles. The highest BCUT2D eigenvalue weighted by molar-refractivity contribution is 5.85. The third kappa shape index (κ3) is 3.46. The molecule has 5 nitrogen and oxygen atoms in total. The van der Waals surface area contributed by atoms with Gasteiger partial charge in [0.1, 0.15) is 0 Å². The Labute approximate surface area is 126 Å². The lowest BCUT2D eigenvalue weighted by molar-refractivity contribution is -0.150. The maximum Gasteiger partial charge on any atom is 0.307 e. The summed E-state index contributed by atoms with van der Waals surface area (Å²) in [5, 5.41) is 9.30. The summed E-state index contributed by atoms with van der Waals surface area (Å²) in [6.07, 6.45) is 5.85. The average molecular weight is 294 g/mol. The van der Waals surface area contributed by atoms with Gasteiger partial charge >= 0.3 is 5.97 Å². The predicted octanol–water partition coefficient (Wildman–Crippen LogP) is 1.60. The quantitative estimate of drug-likeness (QED) is 0.782. The van der Waals surface area contributed by atoms with Crippen molar-refractivity contribution < 1.29 is 14.7 Å². The van der Waals surface area contributed by atoms with Gasteiger partial charge in [0.15, 0.2) is 0 Å². The van der Waals surface area contributed by atoms with E-state index in [0.29, 0.717) is 18.9 Å². The number of allylic oxidation sites excluding steroid dienone is 2. The molecule has 0 bridgehead atoms. The predicted molar refractivity (Wildman–Crippen MR) is 80.9 cm³/mol. The van der Waals surface area contributed by atoms with Gasteiger partial charge in [-0.3, -0.25) is 14.5 Å². The topological polar surface area (TPSA) is 60.9 Å². The minimum absolute atomic E-state index is 0.0291. The number of carbonyl (C=O) groups is 2. The van der Waals surface area contributed by atoms with Crippen molar-refractivity contribution in [3.05, 3.63) is 12.2 Å². The number of nitrogens with zero attached hydrogens (tertiary/aromatic N) is 2. The zero-order valence-corrected chi connectivity index (χ0v) is 13.0. The second-order valence-electron chi connectivity index (χ2n) is 5.94. The minimum Gasteiger partial charge on any atom is -0.481 e. The molecule has 1 fully saturated rings. The van der Waals surface area contributed by atoms with Crippen LogP contribution in [0, 0.1) is 11.8 Å². The molecule has 2 aliphatic rings. The van der Waals surface area contributed by atoms with Crippen LogP contribution in [0.2, 0.25) is 0 Å². The van der Waals surface area contributed by atoms with E-state index in [1.807, 2.05) is 17.1 Å². The zero-order valence-electron chi connectivity index (χ0n) is 13.0. The first-order chi connectivity index (χ1) is 10.1. The number of likely N-dealkylation sites (N-methyl/N-ethyl adjacent to an activating group) is 1. The molecule has 21 heavy (non-hydrogen) atoms. The first-order valence-electron chi connectivity index (χ1n) is 7.99. The molecule has 1 aliphatic heterocycles. The lowest BCUT2D eigenvalue weighted by atomic mass is 9.82. The summed E-state index contributed by atoms with van der Waals surface area (Å²) >= 11 is 0. The summed E-state index contributed by atoms with van der Waals surface area (Å²) in [5.41, 5.74) is 0. The first kappa shape index (κ1) is 16.0. The number of hydrogen-bond acceptors (Lipinski definition) is 3. The molecule has 0 spiro atoms. The minimum atomic E-state index is -0.850. The molecule has 5 heteroatoms. The van der Waals surface area contributed by atoms with E-state index in [2.05, 4.69) is 18.7 Å². The molecule has 1 saturated heterocycles. The SMILES string of the molecule is CCN(CC)C1CCN(C(=O)C2CC=CCC2C(=O)O)C1. The molecule has 0 aromatic rings. The molecular weight excluding hydrogens is 268 g/mol. The van der Waals surface area contributed by atoms with E-state index < -0.39 is 11.9 Å². The second-order valence-corrected chi connectivity index (χ2v) is 5.94. The molecule has 3 unspecified atom stereocenters. The Hall–Kier alpha value is -1.36. The van der Waals surface area contributed by atoms with Crippen LogP contribution in [0.3, 0.4) is 0 Å². The normalized spacial score (nSPS) is 29.1. The maximum absolute atomic E-state index is 12.7. The molecule has 118 valence electrons. The van der Waals surface area contributed by atoms with Crippen molar-refractivity contribution in [2.45, 2.75) is 39.2 Å². The average Bonchev–Trinajstić information content (AvgIpc) is 2.97. The lowest BCUT2D eigenvalue weighted by Gasteiger charge is -2.30. The van der Waals surface area contributed by atoms with Crippen LogP contribution in [-0.2, 0) is 9.59 Å². The van der Waals surface area contributed by atoms with Crippen LogP contribution >= 0.6 is 0 Å². The van der Waals surface area contributed by atoms with Crippen LogP contribution in [0.5, 0.6) is 0 Å². The van der Waals surface area contributed by atoms with Gasteiger partial charge in [0, 0.05) is 19.1 Å². The molecule has 0 radical (unpaired) electrons. The largest absolute Gasteiger partial charge is 0.481 e. The van der Waals surface area contributed by atoms with Gasteiger partial charge in [-0.15, -0.1) is 0 Å². The van der Waals surface area contributed by atoms with E-state index in [0.717, 1.165) is 32.6 Å². The number of carboxylic acid groups (broad SMARTS) is 1. The van der Waals surface area contributed by atoms with E-state index in [-0.39, 0.29) is 11.8 Å². The first-order valence-corrected chi connectivity index (χ1v) is 7.99. The molecular formula is C16H26N2O3. The molecule has 1 aliphatic carbocycles. The van der Waals surface area contributed by atoms with Gasteiger partial charge in [-0.25, -0.2) is 0 Å². The standard InChI is InChI=1S/C16H26N2O3/c1-3-17(4-2)12-9-10-18(11-12)15(19)13-7-5-6-8-14(13)16(20)21/h5-6,12-14H,3-4,7-11H2,1-2H3,(H,20,21). The van der Waals surface area contributed by atoms with Gasteiger partial charge in [-0.05, 0) is 32.4 Å². The fraction of sp³-hybridized carbons (Fsp3) is 0.750. The van der Waals surface area contributed by atoms with Crippen LogP contribution in [-0.4, -0.2) is 59.0 Å². The van der Waals surface area contributed by atoms with Crippen LogP contribution in [0.4, 0.5) is 0 Å². The van der Waals surface area contributed by atoms with E-state index >= 15 is 0 Å². The van der Waals surface area contributed by atoms with Gasteiger partial charge < -0.3 is 10.0 Å². The Morgan fingerprint density at radius 3 is 2.38 bits per heavy atom. The van der Waals surface area contributed by atoms with Crippen molar-refractivity contribution >= 4 is 11.9 Å². The summed E-state index contributed by atoms with van der Waals surface area (Å²) in [6, 6.07) is 0.423. The van der Waals surface area contributed by atoms with Crippen molar-refractivity contribution in [3.63, 3.8) is 0 Å². The Morgan fingerprint density at radius 2 is 1.81 bits per heavy atom. The fourth-order valence-corrected chi connectivity index (χ4v) is 3.57. The van der Waals surface area contributed by atoms with Crippen LogP contribution in [0.15, 0.2) is 12.2 Å². The monoisotopic (exact) mass is 294 g/mol. The summed E-state index contributed by atoms with van der Waals surface area (Å²) in [7, 11) is 0. The smallest absolute Gasteiger partial charge is 0.307 e. The van der Waals surface area contributed by atoms with Crippen LogP contribution in [0.1, 0.15) is 33.1 Å². The summed E-state index contributed by atoms with van der Waals surface area (Å²) in [6.45, 7) is 7.76. The van der Waals surface area contributed by atoms with Gasteiger partial charge in [-0.2, -0.15) is 0 Å². The second kappa shape index (κ2) is 7.07. The molecule has 3 atom stereocenters. The molecule has 0 aromatic carbocycles. The third-order valence-electron chi connectivity index (χ3n) is 4.87. The van der Waals surface area contributed by atoms with Crippen LogP contribution in [0.25, 0.3) is 0 Å². The van der Waals surface area contributed by atoms with Gasteiger partial charge in [0.2, 0.25) is 5.91 Å². The van der Waals surface area contributed by atoms with Crippen molar-refractivity contribution in [2.24, 2.45) is 11.8 Å².